The summed E-state index contributed by atoms with van der Waals surface area (Å²) >= 11 is 3.49. The van der Waals surface area contributed by atoms with E-state index >= 15 is 0 Å². The van der Waals surface area contributed by atoms with Crippen molar-refractivity contribution in [1.29, 1.82) is 0 Å². The van der Waals surface area contributed by atoms with Crippen molar-refractivity contribution in [1.82, 2.24) is 0 Å². The molecule has 0 unspecified atom stereocenters. The van der Waals surface area contributed by atoms with Crippen LogP contribution in [0.15, 0.2) is 40.9 Å². The number of rotatable bonds is 6. The third-order valence-corrected chi connectivity index (χ3v) is 4.39. The van der Waals surface area contributed by atoms with Crippen LogP contribution in [0.25, 0.3) is 0 Å². The Morgan fingerprint density at radius 1 is 1.14 bits per heavy atom. The number of halogens is 1. The molecule has 0 aliphatic carbocycles. The number of aryl methyl sites for hydroxylation is 3. The average Bonchev–Trinajstić information content (AvgIpc) is 2.47. The number of carbonyl (C=O) groups excluding carboxylic acids is 1. The second-order valence-corrected chi connectivity index (χ2v) is 6.42. The lowest BCUT2D eigenvalue weighted by atomic mass is 9.98. The molecule has 2 rings (SSSR count). The monoisotopic (exact) mass is 360 g/mol. The maximum absolute atomic E-state index is 12.3. The summed E-state index contributed by atoms with van der Waals surface area (Å²) in [6.45, 7) is 4.05. The predicted octanol–water partition coefficient (Wildman–Crippen LogP) is 5.28. The normalized spacial score (nSPS) is 10.5. The number of ether oxygens (including phenoxy) is 1. The van der Waals surface area contributed by atoms with Gasteiger partial charge in [-0.15, -0.1) is 0 Å². The number of Topliss-reactive ketones (excluding diaryl/α,β-unsaturated/α-hetero) is 1. The number of methoxy groups -OCH3 is 1. The highest BCUT2D eigenvalue weighted by molar-refractivity contribution is 9.10. The van der Waals surface area contributed by atoms with E-state index in [1.165, 1.54) is 11.1 Å². The average molecular weight is 361 g/mol. The number of benzene rings is 2. The second kappa shape index (κ2) is 7.59. The van der Waals surface area contributed by atoms with Gasteiger partial charge in [0.2, 0.25) is 0 Å². The van der Waals surface area contributed by atoms with Gasteiger partial charge in [-0.1, -0.05) is 29.8 Å². The van der Waals surface area contributed by atoms with E-state index in [0.29, 0.717) is 6.42 Å². The Kier molecular flexibility index (Phi) is 5.78. The number of hydrogen-bond acceptors (Lipinski definition) is 2. The van der Waals surface area contributed by atoms with Gasteiger partial charge >= 0.3 is 0 Å². The summed E-state index contributed by atoms with van der Waals surface area (Å²) in [6.07, 6.45) is 2.32. The Labute approximate surface area is 140 Å². The molecule has 2 aromatic carbocycles. The van der Waals surface area contributed by atoms with Crippen LogP contribution in [-0.4, -0.2) is 12.9 Å². The summed E-state index contributed by atoms with van der Waals surface area (Å²) < 4.78 is 6.17. The fourth-order valence-corrected chi connectivity index (χ4v) is 3.17. The molecule has 0 fully saturated rings. The first-order chi connectivity index (χ1) is 10.5. The van der Waals surface area contributed by atoms with Gasteiger partial charge < -0.3 is 4.74 Å². The summed E-state index contributed by atoms with van der Waals surface area (Å²) in [4.78, 5) is 12.3. The van der Waals surface area contributed by atoms with Gasteiger partial charge in [0.25, 0.3) is 0 Å². The van der Waals surface area contributed by atoms with Crippen LogP contribution in [-0.2, 0) is 6.42 Å². The summed E-state index contributed by atoms with van der Waals surface area (Å²) in [6, 6.07) is 12.1. The van der Waals surface area contributed by atoms with Crippen LogP contribution < -0.4 is 4.74 Å². The zero-order valence-corrected chi connectivity index (χ0v) is 14.9. The summed E-state index contributed by atoms with van der Waals surface area (Å²) in [7, 11) is 1.66. The van der Waals surface area contributed by atoms with Crippen molar-refractivity contribution in [2.45, 2.75) is 33.1 Å². The molecule has 0 aromatic heterocycles. The molecule has 2 aromatic rings. The quantitative estimate of drug-likeness (QED) is 0.655. The van der Waals surface area contributed by atoms with Crippen molar-refractivity contribution < 1.29 is 9.53 Å². The molecule has 0 amide bonds. The lowest BCUT2D eigenvalue weighted by molar-refractivity contribution is 0.0979. The summed E-state index contributed by atoms with van der Waals surface area (Å²) in [5.41, 5.74) is 4.32. The molecule has 0 N–H and O–H groups in total. The molecule has 0 radical (unpaired) electrons. The standard InChI is InChI=1S/C19H21BrO2/c1-13-7-9-16(14(2)11-13)18(21)6-4-5-15-8-10-19(22-3)17(20)12-15/h7-12H,4-6H2,1-3H3. The molecule has 3 heteroatoms. The first kappa shape index (κ1) is 16.8. The van der Waals surface area contributed by atoms with Gasteiger partial charge in [0, 0.05) is 12.0 Å². The van der Waals surface area contributed by atoms with Crippen LogP contribution in [0, 0.1) is 13.8 Å². The van der Waals surface area contributed by atoms with Gasteiger partial charge in [-0.2, -0.15) is 0 Å². The highest BCUT2D eigenvalue weighted by Gasteiger charge is 2.09. The molecule has 116 valence electrons. The van der Waals surface area contributed by atoms with Crippen molar-refractivity contribution in [2.24, 2.45) is 0 Å². The van der Waals surface area contributed by atoms with E-state index in [2.05, 4.69) is 28.1 Å². The largest absolute Gasteiger partial charge is 0.496 e. The molecule has 0 saturated carbocycles. The van der Waals surface area contributed by atoms with E-state index in [0.717, 1.165) is 34.2 Å². The van der Waals surface area contributed by atoms with Gasteiger partial charge in [-0.3, -0.25) is 4.79 Å². The first-order valence-electron chi connectivity index (χ1n) is 7.44. The highest BCUT2D eigenvalue weighted by atomic mass is 79.9. The van der Waals surface area contributed by atoms with Crippen molar-refractivity contribution in [3.05, 3.63) is 63.1 Å². The highest BCUT2D eigenvalue weighted by Crippen LogP contribution is 2.26. The first-order valence-corrected chi connectivity index (χ1v) is 8.23. The third kappa shape index (κ3) is 4.20. The fourth-order valence-electron chi connectivity index (χ4n) is 2.58. The SMILES string of the molecule is COc1ccc(CCCC(=O)c2ccc(C)cc2C)cc1Br. The van der Waals surface area contributed by atoms with Gasteiger partial charge in [0.05, 0.1) is 11.6 Å². The minimum Gasteiger partial charge on any atom is -0.496 e. The Hall–Kier alpha value is -1.61. The molecule has 2 nitrogen and oxygen atoms in total. The van der Waals surface area contributed by atoms with Gasteiger partial charge in [0.1, 0.15) is 5.75 Å². The molecule has 0 bridgehead atoms. The Morgan fingerprint density at radius 2 is 1.91 bits per heavy atom. The van der Waals surface area contributed by atoms with Crippen molar-refractivity contribution in [3.8, 4) is 5.75 Å². The zero-order chi connectivity index (χ0) is 16.1. The van der Waals surface area contributed by atoms with Crippen LogP contribution in [0.1, 0.15) is 39.9 Å². The molecule has 0 aliphatic heterocycles. The smallest absolute Gasteiger partial charge is 0.163 e. The molecular weight excluding hydrogens is 340 g/mol. The summed E-state index contributed by atoms with van der Waals surface area (Å²) in [5.74, 6) is 1.06. The second-order valence-electron chi connectivity index (χ2n) is 5.56. The van der Waals surface area contributed by atoms with Crippen LogP contribution >= 0.6 is 15.9 Å². The van der Waals surface area contributed by atoms with Gasteiger partial charge in [-0.05, 0) is 65.9 Å². The predicted molar refractivity (Wildman–Crippen MR) is 93.9 cm³/mol. The van der Waals surface area contributed by atoms with E-state index < -0.39 is 0 Å². The maximum Gasteiger partial charge on any atom is 0.163 e. The third-order valence-electron chi connectivity index (χ3n) is 3.77. The van der Waals surface area contributed by atoms with Crippen LogP contribution in [0.4, 0.5) is 0 Å². The van der Waals surface area contributed by atoms with Crippen molar-refractivity contribution >= 4 is 21.7 Å². The molecule has 0 spiro atoms. The van der Waals surface area contributed by atoms with E-state index in [1.807, 2.05) is 38.1 Å². The number of carbonyl (C=O) groups is 1. The van der Waals surface area contributed by atoms with E-state index in [1.54, 1.807) is 7.11 Å². The molecule has 0 aliphatic rings. The lowest BCUT2D eigenvalue weighted by Gasteiger charge is -2.08. The lowest BCUT2D eigenvalue weighted by Crippen LogP contribution is -2.03. The van der Waals surface area contributed by atoms with Gasteiger partial charge in [0.15, 0.2) is 5.78 Å². The van der Waals surface area contributed by atoms with Crippen molar-refractivity contribution in [3.63, 3.8) is 0 Å². The van der Waals surface area contributed by atoms with Crippen molar-refractivity contribution in [2.75, 3.05) is 7.11 Å². The number of ketones is 1. The fraction of sp³-hybridized carbons (Fsp3) is 0.316. The minimum absolute atomic E-state index is 0.227. The molecule has 0 heterocycles. The van der Waals surface area contributed by atoms with Crippen LogP contribution in [0.3, 0.4) is 0 Å². The Bertz CT molecular complexity index is 677. The van der Waals surface area contributed by atoms with E-state index in [9.17, 15) is 4.79 Å². The Morgan fingerprint density at radius 3 is 2.55 bits per heavy atom. The molecular formula is C19H21BrO2. The van der Waals surface area contributed by atoms with Crippen LogP contribution in [0.2, 0.25) is 0 Å². The number of hydrogen-bond donors (Lipinski definition) is 0. The topological polar surface area (TPSA) is 26.3 Å². The molecule has 0 saturated heterocycles. The van der Waals surface area contributed by atoms with Crippen LogP contribution in [0.5, 0.6) is 5.75 Å². The maximum atomic E-state index is 12.3. The minimum atomic E-state index is 0.227. The van der Waals surface area contributed by atoms with E-state index in [4.69, 9.17) is 4.74 Å². The summed E-state index contributed by atoms with van der Waals surface area (Å²) in [5, 5.41) is 0. The Balaban J connectivity index is 1.93. The zero-order valence-electron chi connectivity index (χ0n) is 13.3. The van der Waals surface area contributed by atoms with Gasteiger partial charge in [-0.25, -0.2) is 0 Å². The molecule has 22 heavy (non-hydrogen) atoms. The van der Waals surface area contributed by atoms with E-state index in [-0.39, 0.29) is 5.78 Å². The molecule has 0 atom stereocenters.